The quantitative estimate of drug-likeness (QED) is 0.611. The third-order valence-corrected chi connectivity index (χ3v) is 3.81. The zero-order chi connectivity index (χ0) is 16.5. The molecule has 0 aliphatic rings. The largest absolute Gasteiger partial charge is 0.382 e. The van der Waals surface area contributed by atoms with Gasteiger partial charge in [0.2, 0.25) is 0 Å². The summed E-state index contributed by atoms with van der Waals surface area (Å²) in [5.74, 6) is 0.887. The number of nitrogens with zero attached hydrogens (tertiary/aromatic N) is 4. The molecule has 0 unspecified atom stereocenters. The van der Waals surface area contributed by atoms with Gasteiger partial charge in [0.1, 0.15) is 0 Å². The van der Waals surface area contributed by atoms with Crippen molar-refractivity contribution in [3.05, 3.63) is 66.4 Å². The molecule has 4 aromatic rings. The van der Waals surface area contributed by atoms with Crippen molar-refractivity contribution < 1.29 is 0 Å². The van der Waals surface area contributed by atoms with Crippen molar-refractivity contribution in [1.29, 1.82) is 0 Å². The van der Waals surface area contributed by atoms with Crippen LogP contribution in [0.5, 0.6) is 0 Å². The molecular weight excluding hydrogens is 298 g/mol. The summed E-state index contributed by atoms with van der Waals surface area (Å²) >= 11 is 0. The van der Waals surface area contributed by atoms with Gasteiger partial charge in [0.25, 0.3) is 0 Å². The van der Waals surface area contributed by atoms with Gasteiger partial charge in [-0.2, -0.15) is 0 Å². The molecule has 0 saturated heterocycles. The molecule has 2 aromatic heterocycles. The van der Waals surface area contributed by atoms with Crippen molar-refractivity contribution in [2.24, 2.45) is 0 Å². The molecule has 5 nitrogen and oxygen atoms in total. The molecule has 116 valence electrons. The van der Waals surface area contributed by atoms with Gasteiger partial charge in [-0.15, -0.1) is 0 Å². The summed E-state index contributed by atoms with van der Waals surface area (Å²) in [6, 6.07) is 17.8. The predicted molar refractivity (Wildman–Crippen MR) is 95.1 cm³/mol. The van der Waals surface area contributed by atoms with E-state index in [9.17, 15) is 0 Å². The molecule has 0 aliphatic heterocycles. The number of hydrogen-bond donors (Lipinski definition) is 1. The SMILES string of the molecule is Cc1ccc(-c2cnc3nc(-c4ccccc4)nc(N)c3n2)cc1. The summed E-state index contributed by atoms with van der Waals surface area (Å²) in [4.78, 5) is 17.9. The lowest BCUT2D eigenvalue weighted by atomic mass is 10.1. The van der Waals surface area contributed by atoms with E-state index in [0.717, 1.165) is 16.8 Å². The van der Waals surface area contributed by atoms with Gasteiger partial charge in [-0.3, -0.25) is 0 Å². The zero-order valence-electron chi connectivity index (χ0n) is 13.1. The lowest BCUT2D eigenvalue weighted by molar-refractivity contribution is 1.16. The monoisotopic (exact) mass is 313 g/mol. The summed E-state index contributed by atoms with van der Waals surface area (Å²) < 4.78 is 0. The first-order valence-corrected chi connectivity index (χ1v) is 7.63. The number of anilines is 1. The predicted octanol–water partition coefficient (Wildman–Crippen LogP) is 3.64. The van der Waals surface area contributed by atoms with Crippen molar-refractivity contribution in [3.63, 3.8) is 0 Å². The van der Waals surface area contributed by atoms with E-state index in [1.807, 2.05) is 61.5 Å². The van der Waals surface area contributed by atoms with Crippen LogP contribution in [0.25, 0.3) is 33.8 Å². The number of aromatic nitrogens is 4. The second-order valence-corrected chi connectivity index (χ2v) is 5.59. The molecule has 4 rings (SSSR count). The summed E-state index contributed by atoms with van der Waals surface area (Å²) in [6.45, 7) is 2.05. The van der Waals surface area contributed by atoms with Crippen molar-refractivity contribution in [2.45, 2.75) is 6.92 Å². The first-order valence-electron chi connectivity index (χ1n) is 7.63. The molecule has 24 heavy (non-hydrogen) atoms. The number of hydrogen-bond acceptors (Lipinski definition) is 5. The van der Waals surface area contributed by atoms with Gasteiger partial charge >= 0.3 is 0 Å². The zero-order valence-corrected chi connectivity index (χ0v) is 13.1. The van der Waals surface area contributed by atoms with E-state index in [0.29, 0.717) is 22.8 Å². The second-order valence-electron chi connectivity index (χ2n) is 5.59. The van der Waals surface area contributed by atoms with Gasteiger partial charge < -0.3 is 5.73 Å². The van der Waals surface area contributed by atoms with E-state index in [4.69, 9.17) is 5.73 Å². The molecule has 2 heterocycles. The summed E-state index contributed by atoms with van der Waals surface area (Å²) in [7, 11) is 0. The van der Waals surface area contributed by atoms with Gasteiger partial charge in [-0.25, -0.2) is 19.9 Å². The van der Waals surface area contributed by atoms with Crippen molar-refractivity contribution in [1.82, 2.24) is 19.9 Å². The summed E-state index contributed by atoms with van der Waals surface area (Å²) in [5, 5.41) is 0. The Morgan fingerprint density at radius 2 is 1.54 bits per heavy atom. The highest BCUT2D eigenvalue weighted by molar-refractivity contribution is 5.84. The van der Waals surface area contributed by atoms with Crippen LogP contribution in [0.1, 0.15) is 5.56 Å². The van der Waals surface area contributed by atoms with E-state index < -0.39 is 0 Å². The van der Waals surface area contributed by atoms with Crippen molar-refractivity contribution in [2.75, 3.05) is 5.73 Å². The Hall–Kier alpha value is -3.34. The van der Waals surface area contributed by atoms with Crippen molar-refractivity contribution in [3.8, 4) is 22.6 Å². The molecule has 5 heteroatoms. The molecule has 0 bridgehead atoms. The highest BCUT2D eigenvalue weighted by Gasteiger charge is 2.11. The van der Waals surface area contributed by atoms with Crippen LogP contribution in [0.3, 0.4) is 0 Å². The number of nitrogen functional groups attached to an aromatic ring is 1. The highest BCUT2D eigenvalue weighted by Crippen LogP contribution is 2.24. The first-order chi connectivity index (χ1) is 11.7. The maximum absolute atomic E-state index is 6.11. The molecule has 0 fully saturated rings. The van der Waals surface area contributed by atoms with Crippen LogP contribution in [0.15, 0.2) is 60.8 Å². The number of rotatable bonds is 2. The van der Waals surface area contributed by atoms with Gasteiger partial charge in [-0.05, 0) is 6.92 Å². The van der Waals surface area contributed by atoms with Gasteiger partial charge in [0, 0.05) is 11.1 Å². The molecule has 0 amide bonds. The van der Waals surface area contributed by atoms with E-state index >= 15 is 0 Å². The van der Waals surface area contributed by atoms with Gasteiger partial charge in [0.05, 0.1) is 11.9 Å². The minimum Gasteiger partial charge on any atom is -0.382 e. The highest BCUT2D eigenvalue weighted by atomic mass is 15.0. The number of nitrogens with two attached hydrogens (primary N) is 1. The fraction of sp³-hybridized carbons (Fsp3) is 0.0526. The number of aryl methyl sites for hydroxylation is 1. The lowest BCUT2D eigenvalue weighted by Crippen LogP contribution is -2.01. The third-order valence-electron chi connectivity index (χ3n) is 3.81. The van der Waals surface area contributed by atoms with E-state index in [1.54, 1.807) is 6.20 Å². The third kappa shape index (κ3) is 2.56. The molecule has 0 saturated carbocycles. The minimum atomic E-state index is 0.334. The molecule has 2 aromatic carbocycles. The maximum atomic E-state index is 6.11. The van der Waals surface area contributed by atoms with Crippen LogP contribution < -0.4 is 5.73 Å². The Balaban J connectivity index is 1.84. The number of fused-ring (bicyclic) bond motifs is 1. The van der Waals surface area contributed by atoms with Crippen LogP contribution in [-0.4, -0.2) is 19.9 Å². The van der Waals surface area contributed by atoms with Crippen LogP contribution in [0, 0.1) is 6.92 Å². The lowest BCUT2D eigenvalue weighted by Gasteiger charge is -2.06. The van der Waals surface area contributed by atoms with Crippen molar-refractivity contribution >= 4 is 17.0 Å². The first kappa shape index (κ1) is 14.3. The van der Waals surface area contributed by atoms with Crippen LogP contribution in [-0.2, 0) is 0 Å². The summed E-state index contributed by atoms with van der Waals surface area (Å²) in [5.41, 5.74) is 11.0. The smallest absolute Gasteiger partial charge is 0.184 e. The molecule has 2 N–H and O–H groups in total. The van der Waals surface area contributed by atoms with Crippen LogP contribution in [0.4, 0.5) is 5.82 Å². The number of benzene rings is 2. The average Bonchev–Trinajstić information content (AvgIpc) is 2.63. The summed E-state index contributed by atoms with van der Waals surface area (Å²) in [6.07, 6.45) is 1.72. The van der Waals surface area contributed by atoms with Gasteiger partial charge in [0.15, 0.2) is 22.8 Å². The van der Waals surface area contributed by atoms with Gasteiger partial charge in [-0.1, -0.05) is 60.2 Å². The van der Waals surface area contributed by atoms with E-state index in [2.05, 4.69) is 19.9 Å². The Bertz CT molecular complexity index is 1010. The minimum absolute atomic E-state index is 0.334. The Morgan fingerprint density at radius 3 is 2.29 bits per heavy atom. The molecule has 0 atom stereocenters. The maximum Gasteiger partial charge on any atom is 0.184 e. The fourth-order valence-corrected chi connectivity index (χ4v) is 2.51. The Labute approximate surface area is 139 Å². The van der Waals surface area contributed by atoms with Crippen LogP contribution in [0.2, 0.25) is 0 Å². The molecular formula is C19H15N5. The average molecular weight is 313 g/mol. The topological polar surface area (TPSA) is 77.6 Å². The molecule has 0 spiro atoms. The second kappa shape index (κ2) is 5.70. The fourth-order valence-electron chi connectivity index (χ4n) is 2.51. The van der Waals surface area contributed by atoms with E-state index in [1.165, 1.54) is 5.56 Å². The Morgan fingerprint density at radius 1 is 0.792 bits per heavy atom. The van der Waals surface area contributed by atoms with Crippen LogP contribution >= 0.6 is 0 Å². The molecule has 0 radical (unpaired) electrons. The Kier molecular flexibility index (Phi) is 3.39. The van der Waals surface area contributed by atoms with E-state index in [-0.39, 0.29) is 0 Å². The normalized spacial score (nSPS) is 10.9. The molecule has 0 aliphatic carbocycles. The standard InChI is InChI=1S/C19H15N5/c1-12-7-9-13(10-8-12)15-11-21-19-16(22-15)17(20)23-18(24-19)14-5-3-2-4-6-14/h2-11H,1H3,(H2,20,21,23,24).